The Bertz CT molecular complexity index is 1190. The number of likely N-dealkylation sites (tertiary alicyclic amines) is 1. The molecule has 3 aromatic rings. The number of nitrogens with two attached hydrogens (primary N) is 2. The molecule has 1 aliphatic rings. The maximum Gasteiger partial charge on any atom is 0.240 e. The number of phenols is 1. The molecule has 2 heterocycles. The molecule has 9 nitrogen and oxygen atoms in total. The standard InChI is InChI=1S/C24H30N6O3/c1-13(2)20(25)24(32)30-10-4-5-15(30)12-33-19-7-3-6-16(21(19)31)23-28-17-9-8-14(22(26)27)11-18(17)29-23/h3,6-9,11,13,15,20,31H,4-5,10,12,25H2,1-2H3,(H3,26,27)(H,28,29). The lowest BCUT2D eigenvalue weighted by Gasteiger charge is -2.28. The van der Waals surface area contributed by atoms with E-state index in [9.17, 15) is 9.90 Å². The van der Waals surface area contributed by atoms with Crippen LogP contribution in [0.1, 0.15) is 32.3 Å². The number of amidine groups is 1. The number of hydrogen-bond donors (Lipinski definition) is 5. The van der Waals surface area contributed by atoms with Crippen LogP contribution in [0, 0.1) is 11.3 Å². The van der Waals surface area contributed by atoms with Crippen LogP contribution in [0.15, 0.2) is 36.4 Å². The van der Waals surface area contributed by atoms with Gasteiger partial charge in [0.1, 0.15) is 18.3 Å². The number of H-pyrrole nitrogens is 1. The van der Waals surface area contributed by atoms with Gasteiger partial charge in [-0.1, -0.05) is 19.9 Å². The maximum absolute atomic E-state index is 12.7. The lowest BCUT2D eigenvalue weighted by Crippen LogP contribution is -2.49. The fourth-order valence-electron chi connectivity index (χ4n) is 4.10. The number of benzene rings is 2. The molecule has 0 bridgehead atoms. The summed E-state index contributed by atoms with van der Waals surface area (Å²) in [4.78, 5) is 22.2. The second-order valence-corrected chi connectivity index (χ2v) is 8.79. The molecule has 2 aromatic carbocycles. The van der Waals surface area contributed by atoms with Gasteiger partial charge in [0.25, 0.3) is 0 Å². The van der Waals surface area contributed by atoms with Crippen LogP contribution in [0.5, 0.6) is 11.5 Å². The Labute approximate surface area is 192 Å². The summed E-state index contributed by atoms with van der Waals surface area (Å²) in [6, 6.07) is 9.87. The Morgan fingerprint density at radius 1 is 1.36 bits per heavy atom. The lowest BCUT2D eigenvalue weighted by molar-refractivity contribution is -0.134. The van der Waals surface area contributed by atoms with Gasteiger partial charge >= 0.3 is 0 Å². The van der Waals surface area contributed by atoms with E-state index in [-0.39, 0.29) is 36.1 Å². The molecule has 7 N–H and O–H groups in total. The number of phenolic OH excluding ortho intramolecular Hbond substituents is 1. The highest BCUT2D eigenvalue weighted by atomic mass is 16.5. The van der Waals surface area contributed by atoms with Crippen LogP contribution in [0.2, 0.25) is 0 Å². The predicted octanol–water partition coefficient (Wildman–Crippen LogP) is 2.57. The number of imidazole rings is 1. The largest absolute Gasteiger partial charge is 0.504 e. The molecular weight excluding hydrogens is 420 g/mol. The minimum atomic E-state index is -0.529. The number of hydrogen-bond acceptors (Lipinski definition) is 6. The summed E-state index contributed by atoms with van der Waals surface area (Å²) >= 11 is 0. The first-order valence-corrected chi connectivity index (χ1v) is 11.1. The average molecular weight is 451 g/mol. The van der Waals surface area contributed by atoms with Gasteiger partial charge in [-0.2, -0.15) is 0 Å². The maximum atomic E-state index is 12.7. The molecule has 4 rings (SSSR count). The number of aromatic nitrogens is 2. The summed E-state index contributed by atoms with van der Waals surface area (Å²) in [5, 5.41) is 18.5. The number of carbonyl (C=O) groups excluding carboxylic acids is 1. The Balaban J connectivity index is 1.52. The lowest BCUT2D eigenvalue weighted by atomic mass is 10.0. The van der Waals surface area contributed by atoms with Gasteiger partial charge in [0.2, 0.25) is 5.91 Å². The van der Waals surface area contributed by atoms with Crippen LogP contribution >= 0.6 is 0 Å². The number of amides is 1. The molecule has 1 aromatic heterocycles. The van der Waals surface area contributed by atoms with E-state index in [1.165, 1.54) is 0 Å². The van der Waals surface area contributed by atoms with E-state index in [2.05, 4.69) is 9.97 Å². The number of nitrogen functional groups attached to an aromatic ring is 1. The van der Waals surface area contributed by atoms with Gasteiger partial charge in [-0.25, -0.2) is 4.98 Å². The number of ether oxygens (including phenoxy) is 1. The molecule has 0 aliphatic carbocycles. The van der Waals surface area contributed by atoms with Crippen molar-refractivity contribution >= 4 is 22.8 Å². The summed E-state index contributed by atoms with van der Waals surface area (Å²) in [6.07, 6.45) is 1.73. The zero-order chi connectivity index (χ0) is 23.7. The van der Waals surface area contributed by atoms with Crippen molar-refractivity contribution in [2.45, 2.75) is 38.8 Å². The molecule has 1 fully saturated rings. The highest BCUT2D eigenvalue weighted by molar-refractivity contribution is 5.98. The number of nitrogens with zero attached hydrogens (tertiary/aromatic N) is 2. The molecule has 1 saturated heterocycles. The molecular formula is C24H30N6O3. The topological polar surface area (TPSA) is 154 Å². The Hall–Kier alpha value is -3.59. The number of aromatic amines is 1. The molecule has 9 heteroatoms. The van der Waals surface area contributed by atoms with Gasteiger partial charge in [0.15, 0.2) is 11.5 Å². The van der Waals surface area contributed by atoms with E-state index < -0.39 is 6.04 Å². The first-order valence-electron chi connectivity index (χ1n) is 11.1. The van der Waals surface area contributed by atoms with Gasteiger partial charge in [-0.3, -0.25) is 10.2 Å². The van der Waals surface area contributed by atoms with Crippen LogP contribution in [0.3, 0.4) is 0 Å². The second-order valence-electron chi connectivity index (χ2n) is 8.79. The minimum Gasteiger partial charge on any atom is -0.504 e. The van der Waals surface area contributed by atoms with Gasteiger partial charge in [0.05, 0.1) is 28.7 Å². The van der Waals surface area contributed by atoms with Crippen molar-refractivity contribution in [1.82, 2.24) is 14.9 Å². The van der Waals surface area contributed by atoms with Gasteiger partial charge in [-0.05, 0) is 49.1 Å². The van der Waals surface area contributed by atoms with Crippen molar-refractivity contribution in [1.29, 1.82) is 5.41 Å². The van der Waals surface area contributed by atoms with Crippen LogP contribution < -0.4 is 16.2 Å². The number of aromatic hydroxyl groups is 1. The zero-order valence-electron chi connectivity index (χ0n) is 18.8. The number of rotatable bonds is 7. The monoisotopic (exact) mass is 450 g/mol. The molecule has 2 unspecified atom stereocenters. The van der Waals surface area contributed by atoms with Crippen molar-refractivity contribution in [2.75, 3.05) is 13.2 Å². The summed E-state index contributed by atoms with van der Waals surface area (Å²) in [5.41, 5.74) is 14.1. The number of para-hydroxylation sites is 1. The SMILES string of the molecule is CC(C)C(N)C(=O)N1CCCC1COc1cccc(-c2nc3ccc(C(=N)N)cc3[nH]2)c1O. The second kappa shape index (κ2) is 9.11. The zero-order valence-corrected chi connectivity index (χ0v) is 18.8. The summed E-state index contributed by atoms with van der Waals surface area (Å²) in [6.45, 7) is 4.82. The normalized spacial score (nSPS) is 17.0. The summed E-state index contributed by atoms with van der Waals surface area (Å²) < 4.78 is 5.96. The van der Waals surface area contributed by atoms with E-state index in [0.717, 1.165) is 12.8 Å². The summed E-state index contributed by atoms with van der Waals surface area (Å²) in [7, 11) is 0. The van der Waals surface area contributed by atoms with Crippen molar-refractivity contribution in [3.8, 4) is 22.9 Å². The van der Waals surface area contributed by atoms with Crippen molar-refractivity contribution < 1.29 is 14.6 Å². The third-order valence-electron chi connectivity index (χ3n) is 6.14. The van der Waals surface area contributed by atoms with Crippen LogP contribution in [0.25, 0.3) is 22.4 Å². The predicted molar refractivity (Wildman–Crippen MR) is 127 cm³/mol. The highest BCUT2D eigenvalue weighted by Crippen LogP contribution is 2.37. The molecule has 1 amide bonds. The smallest absolute Gasteiger partial charge is 0.240 e. The fraction of sp³-hybridized carbons (Fsp3) is 0.375. The Kier molecular flexibility index (Phi) is 6.24. The number of carbonyl (C=O) groups is 1. The molecule has 0 spiro atoms. The van der Waals surface area contributed by atoms with E-state index in [1.54, 1.807) is 41.3 Å². The fourth-order valence-corrected chi connectivity index (χ4v) is 4.10. The molecule has 0 radical (unpaired) electrons. The average Bonchev–Trinajstić information content (AvgIpc) is 3.43. The van der Waals surface area contributed by atoms with E-state index >= 15 is 0 Å². The first kappa shape index (κ1) is 22.6. The number of fused-ring (bicyclic) bond motifs is 1. The Morgan fingerprint density at radius 3 is 2.88 bits per heavy atom. The first-order chi connectivity index (χ1) is 15.8. The van der Waals surface area contributed by atoms with Crippen molar-refractivity contribution in [3.05, 3.63) is 42.0 Å². The van der Waals surface area contributed by atoms with Gasteiger partial charge < -0.3 is 31.2 Å². The third kappa shape index (κ3) is 4.49. The van der Waals surface area contributed by atoms with Gasteiger partial charge in [-0.15, -0.1) is 0 Å². The molecule has 33 heavy (non-hydrogen) atoms. The minimum absolute atomic E-state index is 0.0277. The summed E-state index contributed by atoms with van der Waals surface area (Å²) in [5.74, 6) is 0.759. The molecule has 0 saturated carbocycles. The van der Waals surface area contributed by atoms with E-state index in [0.29, 0.717) is 40.3 Å². The van der Waals surface area contributed by atoms with Crippen LogP contribution in [-0.4, -0.2) is 57.0 Å². The van der Waals surface area contributed by atoms with Gasteiger partial charge in [0, 0.05) is 12.1 Å². The van der Waals surface area contributed by atoms with Crippen molar-refractivity contribution in [3.63, 3.8) is 0 Å². The van der Waals surface area contributed by atoms with Crippen LogP contribution in [0.4, 0.5) is 0 Å². The van der Waals surface area contributed by atoms with E-state index in [1.807, 2.05) is 13.8 Å². The third-order valence-corrected chi connectivity index (χ3v) is 6.14. The number of nitrogens with one attached hydrogen (secondary N) is 2. The molecule has 1 aliphatic heterocycles. The van der Waals surface area contributed by atoms with Crippen molar-refractivity contribution in [2.24, 2.45) is 17.4 Å². The van der Waals surface area contributed by atoms with E-state index in [4.69, 9.17) is 21.6 Å². The highest BCUT2D eigenvalue weighted by Gasteiger charge is 2.33. The van der Waals surface area contributed by atoms with Crippen LogP contribution in [-0.2, 0) is 4.79 Å². The molecule has 174 valence electrons. The Morgan fingerprint density at radius 2 is 2.15 bits per heavy atom. The quantitative estimate of drug-likeness (QED) is 0.275. The molecule has 2 atom stereocenters.